The molecule has 4 atom stereocenters. The molecule has 6 aliphatic heterocycles. The Balaban J connectivity index is 0.000000157. The molecule has 2 amide bonds. The minimum Gasteiger partial charge on any atom is -0.481 e. The highest BCUT2D eigenvalue weighted by Crippen LogP contribution is 2.39. The molecule has 13 nitrogen and oxygen atoms in total. The standard InChI is InChI=1S/C19H28N4O3.C18H25N3O3/c1-2-26-19(25)13-9-14-5-3-6-15(10-13)23(14)18(24)17-11-16-12-20-7-4-8-22(16)21-17;22-17(16-11-13-5-2-1-3-8-20(13)19-16)21-14-6-4-7-15(21)10-12(9-14)18(23)24/h11,13-15,20H,2-10,12H2,1H3;11-12,14-15H,1-10H2,(H,23,24). The first kappa shape index (κ1) is 34.7. The van der Waals surface area contributed by atoms with E-state index in [1.165, 1.54) is 12.1 Å². The molecule has 2 aromatic rings. The van der Waals surface area contributed by atoms with Gasteiger partial charge in [0, 0.05) is 49.5 Å². The number of aliphatic carboxylic acids is 1. The zero-order valence-electron chi connectivity index (χ0n) is 29.4. The fourth-order valence-corrected chi connectivity index (χ4v) is 9.51. The molecule has 2 aromatic heterocycles. The van der Waals surface area contributed by atoms with Crippen molar-refractivity contribution >= 4 is 23.8 Å². The van der Waals surface area contributed by atoms with E-state index >= 15 is 0 Å². The number of carbonyl (C=O) groups is 4. The maximum absolute atomic E-state index is 13.2. The van der Waals surface area contributed by atoms with Gasteiger partial charge in [0.2, 0.25) is 0 Å². The second-order valence-electron chi connectivity index (χ2n) is 15.2. The Hall–Kier alpha value is -3.74. The minimum absolute atomic E-state index is 0.00844. The molecule has 0 spiro atoms. The van der Waals surface area contributed by atoms with E-state index in [0.29, 0.717) is 30.8 Å². The summed E-state index contributed by atoms with van der Waals surface area (Å²) in [6, 6.07) is 4.29. The summed E-state index contributed by atoms with van der Waals surface area (Å²) in [5, 5.41) is 21.9. The van der Waals surface area contributed by atoms with Gasteiger partial charge in [-0.15, -0.1) is 0 Å². The summed E-state index contributed by atoms with van der Waals surface area (Å²) in [6.07, 6.45) is 14.1. The highest BCUT2D eigenvalue weighted by Gasteiger charge is 2.45. The number of nitrogens with zero attached hydrogens (tertiary/aromatic N) is 6. The van der Waals surface area contributed by atoms with E-state index in [1.807, 2.05) is 38.2 Å². The number of amides is 2. The van der Waals surface area contributed by atoms with Crippen molar-refractivity contribution in [3.8, 4) is 0 Å². The van der Waals surface area contributed by atoms with E-state index < -0.39 is 5.97 Å². The number of aryl methyl sites for hydroxylation is 3. The summed E-state index contributed by atoms with van der Waals surface area (Å²) >= 11 is 0. The van der Waals surface area contributed by atoms with E-state index in [9.17, 15) is 24.3 Å². The Morgan fingerprint density at radius 2 is 1.28 bits per heavy atom. The van der Waals surface area contributed by atoms with Gasteiger partial charge >= 0.3 is 11.9 Å². The van der Waals surface area contributed by atoms with Gasteiger partial charge in [0.15, 0.2) is 11.4 Å². The zero-order chi connectivity index (χ0) is 34.8. The molecule has 50 heavy (non-hydrogen) atoms. The first-order valence-corrected chi connectivity index (χ1v) is 19.2. The van der Waals surface area contributed by atoms with Crippen LogP contribution in [0.4, 0.5) is 0 Å². The molecule has 0 aromatic carbocycles. The lowest BCUT2D eigenvalue weighted by atomic mass is 9.78. The highest BCUT2D eigenvalue weighted by atomic mass is 16.5. The van der Waals surface area contributed by atoms with Gasteiger partial charge in [-0.05, 0) is 115 Å². The average molecular weight is 692 g/mol. The van der Waals surface area contributed by atoms with Crippen molar-refractivity contribution in [2.24, 2.45) is 11.8 Å². The lowest BCUT2D eigenvalue weighted by molar-refractivity contribution is -0.151. The van der Waals surface area contributed by atoms with E-state index in [-0.39, 0.29) is 53.8 Å². The number of hydrogen-bond donors (Lipinski definition) is 2. The van der Waals surface area contributed by atoms with Crippen LogP contribution in [0, 0.1) is 11.8 Å². The van der Waals surface area contributed by atoms with Gasteiger partial charge in [-0.25, -0.2) is 0 Å². The second kappa shape index (κ2) is 15.2. The third-order valence-electron chi connectivity index (χ3n) is 11.9. The van der Waals surface area contributed by atoms with Crippen molar-refractivity contribution in [1.29, 1.82) is 0 Å². The maximum atomic E-state index is 13.2. The van der Waals surface area contributed by atoms with E-state index in [4.69, 9.17) is 4.74 Å². The molecule has 0 aliphatic carbocycles. The van der Waals surface area contributed by atoms with Crippen LogP contribution in [-0.2, 0) is 40.4 Å². The van der Waals surface area contributed by atoms with Crippen LogP contribution >= 0.6 is 0 Å². The van der Waals surface area contributed by atoms with Crippen LogP contribution in [0.1, 0.15) is 129 Å². The Morgan fingerprint density at radius 1 is 0.740 bits per heavy atom. The van der Waals surface area contributed by atoms with Gasteiger partial charge in [-0.2, -0.15) is 10.2 Å². The summed E-state index contributed by atoms with van der Waals surface area (Å²) < 4.78 is 9.20. The molecule has 2 N–H and O–H groups in total. The smallest absolute Gasteiger partial charge is 0.309 e. The zero-order valence-corrected chi connectivity index (χ0v) is 29.4. The van der Waals surface area contributed by atoms with Gasteiger partial charge in [-0.1, -0.05) is 6.42 Å². The molecule has 0 saturated carbocycles. The highest BCUT2D eigenvalue weighted by molar-refractivity contribution is 5.94. The topological polar surface area (TPSA) is 152 Å². The number of hydrogen-bond acceptors (Lipinski definition) is 8. The van der Waals surface area contributed by atoms with Crippen LogP contribution < -0.4 is 5.32 Å². The Kier molecular flexibility index (Phi) is 10.6. The summed E-state index contributed by atoms with van der Waals surface area (Å²) in [7, 11) is 0. The number of carboxylic acid groups (broad SMARTS) is 1. The quantitative estimate of drug-likeness (QED) is 0.440. The molecule has 4 fully saturated rings. The number of ether oxygens (including phenoxy) is 1. The van der Waals surface area contributed by atoms with Crippen molar-refractivity contribution in [3.05, 3.63) is 34.9 Å². The van der Waals surface area contributed by atoms with Gasteiger partial charge < -0.3 is 25.0 Å². The molecular weight excluding hydrogens is 638 g/mol. The third-order valence-corrected chi connectivity index (χ3v) is 11.9. The van der Waals surface area contributed by atoms with Crippen molar-refractivity contribution < 1.29 is 29.0 Å². The van der Waals surface area contributed by atoms with Crippen molar-refractivity contribution in [1.82, 2.24) is 34.7 Å². The number of carbonyl (C=O) groups excluding carboxylic acids is 3. The molecule has 0 radical (unpaired) electrons. The molecule has 8 heterocycles. The van der Waals surface area contributed by atoms with Gasteiger partial charge in [0.25, 0.3) is 11.8 Å². The van der Waals surface area contributed by atoms with Crippen molar-refractivity contribution in [2.75, 3.05) is 13.2 Å². The number of aromatic nitrogens is 4. The van der Waals surface area contributed by atoms with Crippen LogP contribution in [0.15, 0.2) is 12.1 Å². The number of nitrogens with one attached hydrogen (secondary N) is 1. The molecule has 13 heteroatoms. The largest absolute Gasteiger partial charge is 0.481 e. The SMILES string of the molecule is CCOC(=O)C1CC2CCCC(C1)N2C(=O)c1cc2n(n1)CCCNC2.O=C(O)C1CC2CCCC(C1)N2C(=O)c1cc2n(n1)CCCCC2. The molecule has 8 rings (SSSR count). The molecule has 4 bridgehead atoms. The molecule has 4 unspecified atom stereocenters. The molecule has 6 aliphatic rings. The predicted molar refractivity (Wildman–Crippen MR) is 183 cm³/mol. The normalized spacial score (nSPS) is 28.9. The lowest BCUT2D eigenvalue weighted by Crippen LogP contribution is -2.55. The van der Waals surface area contributed by atoms with Gasteiger partial charge in [0.05, 0.1) is 24.1 Å². The number of rotatable bonds is 5. The van der Waals surface area contributed by atoms with Crippen LogP contribution in [-0.4, -0.2) is 95.5 Å². The Bertz CT molecular complexity index is 1490. The summed E-state index contributed by atoms with van der Waals surface area (Å²) in [6.45, 7) is 5.76. The first-order valence-electron chi connectivity index (χ1n) is 19.2. The number of esters is 1. The number of carboxylic acids is 1. The van der Waals surface area contributed by atoms with Crippen LogP contribution in [0.25, 0.3) is 0 Å². The average Bonchev–Trinajstić information content (AvgIpc) is 3.54. The molecule has 4 saturated heterocycles. The monoisotopic (exact) mass is 691 g/mol. The molecule has 272 valence electrons. The maximum Gasteiger partial charge on any atom is 0.309 e. The predicted octanol–water partition coefficient (Wildman–Crippen LogP) is 4.18. The lowest BCUT2D eigenvalue weighted by Gasteiger charge is -2.48. The van der Waals surface area contributed by atoms with Crippen molar-refractivity contribution in [2.45, 2.75) is 147 Å². The number of fused-ring (bicyclic) bond motifs is 6. The Labute approximate surface area is 294 Å². The minimum atomic E-state index is -0.715. The Morgan fingerprint density at radius 3 is 1.86 bits per heavy atom. The van der Waals surface area contributed by atoms with E-state index in [1.54, 1.807) is 0 Å². The van der Waals surface area contributed by atoms with E-state index in [0.717, 1.165) is 109 Å². The van der Waals surface area contributed by atoms with Crippen LogP contribution in [0.5, 0.6) is 0 Å². The van der Waals surface area contributed by atoms with Gasteiger partial charge in [-0.3, -0.25) is 28.5 Å². The summed E-state index contributed by atoms with van der Waals surface area (Å²) in [5.74, 6) is -1.15. The fourth-order valence-electron chi connectivity index (χ4n) is 9.51. The first-order chi connectivity index (χ1) is 24.3. The summed E-state index contributed by atoms with van der Waals surface area (Å²) in [5.41, 5.74) is 3.35. The third kappa shape index (κ3) is 7.20. The second-order valence-corrected chi connectivity index (χ2v) is 15.2. The van der Waals surface area contributed by atoms with Crippen LogP contribution in [0.2, 0.25) is 0 Å². The van der Waals surface area contributed by atoms with Crippen molar-refractivity contribution in [3.63, 3.8) is 0 Å². The fraction of sp³-hybridized carbons (Fsp3) is 0.730. The summed E-state index contributed by atoms with van der Waals surface area (Å²) in [4.78, 5) is 53.9. The number of piperidine rings is 4. The molecular formula is C37H53N7O6. The van der Waals surface area contributed by atoms with E-state index in [2.05, 4.69) is 15.5 Å². The van der Waals surface area contributed by atoms with Crippen LogP contribution in [0.3, 0.4) is 0 Å². The van der Waals surface area contributed by atoms with Gasteiger partial charge in [0.1, 0.15) is 0 Å².